The van der Waals surface area contributed by atoms with Gasteiger partial charge in [-0.2, -0.15) is 0 Å². The number of hydrogen-bond acceptors (Lipinski definition) is 5. The molecule has 6 heteroatoms. The van der Waals surface area contributed by atoms with Crippen molar-refractivity contribution in [3.63, 3.8) is 0 Å². The Labute approximate surface area is 90.3 Å². The van der Waals surface area contributed by atoms with Gasteiger partial charge in [-0.15, -0.1) is 0 Å². The lowest BCUT2D eigenvalue weighted by atomic mass is 10.3. The van der Waals surface area contributed by atoms with Crippen LogP contribution in [0.4, 0.5) is 5.69 Å². The molecule has 16 heavy (non-hydrogen) atoms. The highest BCUT2D eigenvalue weighted by molar-refractivity contribution is 5.69. The molecule has 0 aliphatic heterocycles. The Kier molecular flexibility index (Phi) is 2.55. The normalized spacial score (nSPS) is 11.1. The molecule has 0 saturated carbocycles. The quantitative estimate of drug-likeness (QED) is 0.586. The number of nitrogens with zero attached hydrogens (tertiary/aromatic N) is 2. The van der Waals surface area contributed by atoms with Crippen LogP contribution in [0, 0.1) is 17.0 Å². The number of rotatable bonds is 3. The summed E-state index contributed by atoms with van der Waals surface area (Å²) in [6, 6.07) is 3.45. The van der Waals surface area contributed by atoms with Gasteiger partial charge in [0, 0.05) is 0 Å². The average molecular weight is 220 g/mol. The van der Waals surface area contributed by atoms with E-state index in [-0.39, 0.29) is 17.1 Å². The summed E-state index contributed by atoms with van der Waals surface area (Å²) in [6.07, 6.45) is 4.55. The average Bonchev–Trinajstić information content (AvgIpc) is 2.83. The summed E-state index contributed by atoms with van der Waals surface area (Å²) in [5.74, 6) is 0.697. The molecular formula is C10H8N2O4. The first-order valence-corrected chi connectivity index (χ1v) is 4.50. The van der Waals surface area contributed by atoms with Gasteiger partial charge in [0.1, 0.15) is 5.76 Å². The Morgan fingerprint density at radius 1 is 1.50 bits per heavy atom. The smallest absolute Gasteiger partial charge is 0.338 e. The van der Waals surface area contributed by atoms with Crippen LogP contribution < -0.4 is 0 Å². The second kappa shape index (κ2) is 4.01. The van der Waals surface area contributed by atoms with Gasteiger partial charge >= 0.3 is 5.69 Å². The van der Waals surface area contributed by atoms with E-state index in [9.17, 15) is 10.1 Å². The third kappa shape index (κ3) is 1.85. The monoisotopic (exact) mass is 220 g/mol. The number of nitro groups is 1. The topological polar surface area (TPSA) is 82.3 Å². The summed E-state index contributed by atoms with van der Waals surface area (Å²) in [4.78, 5) is 10.2. The van der Waals surface area contributed by atoms with Crippen LogP contribution in [0.2, 0.25) is 0 Å². The van der Waals surface area contributed by atoms with E-state index >= 15 is 0 Å². The highest BCUT2D eigenvalue weighted by atomic mass is 16.6. The van der Waals surface area contributed by atoms with Gasteiger partial charge in [-0.3, -0.25) is 10.1 Å². The molecule has 2 aromatic rings. The van der Waals surface area contributed by atoms with Crippen LogP contribution in [0.5, 0.6) is 0 Å². The molecule has 2 rings (SSSR count). The van der Waals surface area contributed by atoms with Crippen molar-refractivity contribution in [1.82, 2.24) is 5.16 Å². The highest BCUT2D eigenvalue weighted by Gasteiger charge is 2.21. The third-order valence-corrected chi connectivity index (χ3v) is 1.98. The maximum absolute atomic E-state index is 10.7. The third-order valence-electron chi connectivity index (χ3n) is 1.98. The van der Waals surface area contributed by atoms with Gasteiger partial charge in [0.25, 0.3) is 0 Å². The van der Waals surface area contributed by atoms with Crippen molar-refractivity contribution in [2.45, 2.75) is 6.92 Å². The molecule has 0 aliphatic rings. The van der Waals surface area contributed by atoms with Crippen LogP contribution in [0.3, 0.4) is 0 Å². The van der Waals surface area contributed by atoms with Crippen LogP contribution in [0.25, 0.3) is 12.2 Å². The Morgan fingerprint density at radius 2 is 2.31 bits per heavy atom. The van der Waals surface area contributed by atoms with Gasteiger partial charge < -0.3 is 8.94 Å². The lowest BCUT2D eigenvalue weighted by Gasteiger charge is -1.87. The molecule has 0 atom stereocenters. The van der Waals surface area contributed by atoms with E-state index in [2.05, 4.69) is 5.16 Å². The molecule has 2 aromatic heterocycles. The molecule has 0 aliphatic carbocycles. The summed E-state index contributed by atoms with van der Waals surface area (Å²) in [5.41, 5.74) is 0.131. The first kappa shape index (κ1) is 10.2. The molecule has 0 bridgehead atoms. The fourth-order valence-electron chi connectivity index (χ4n) is 1.26. The predicted octanol–water partition coefficient (Wildman–Crippen LogP) is 2.65. The van der Waals surface area contributed by atoms with Gasteiger partial charge in [0.05, 0.1) is 11.2 Å². The van der Waals surface area contributed by atoms with Gasteiger partial charge in [0.2, 0.25) is 5.76 Å². The van der Waals surface area contributed by atoms with Crippen molar-refractivity contribution >= 4 is 17.8 Å². The number of furan rings is 1. The molecule has 0 amide bonds. The molecule has 0 aromatic carbocycles. The zero-order valence-corrected chi connectivity index (χ0v) is 8.41. The van der Waals surface area contributed by atoms with E-state index in [0.29, 0.717) is 5.76 Å². The summed E-state index contributed by atoms with van der Waals surface area (Å²) in [5, 5.41) is 14.3. The molecule has 0 N–H and O–H groups in total. The van der Waals surface area contributed by atoms with Crippen LogP contribution in [0.1, 0.15) is 17.2 Å². The summed E-state index contributed by atoms with van der Waals surface area (Å²) >= 11 is 0. The molecule has 0 radical (unpaired) electrons. The highest BCUT2D eigenvalue weighted by Crippen LogP contribution is 2.24. The molecule has 6 nitrogen and oxygen atoms in total. The summed E-state index contributed by atoms with van der Waals surface area (Å²) in [7, 11) is 0. The SMILES string of the molecule is Cc1noc(/C=C\c2ccco2)c1[N+](=O)[O-]. The Balaban J connectivity index is 2.32. The van der Waals surface area contributed by atoms with Gasteiger partial charge in [0.15, 0.2) is 5.69 Å². The first-order chi connectivity index (χ1) is 7.68. The molecule has 0 saturated heterocycles. The molecule has 0 unspecified atom stereocenters. The predicted molar refractivity (Wildman–Crippen MR) is 55.5 cm³/mol. The van der Waals surface area contributed by atoms with E-state index in [1.165, 1.54) is 19.3 Å². The first-order valence-electron chi connectivity index (χ1n) is 4.50. The maximum atomic E-state index is 10.7. The number of hydrogen-bond donors (Lipinski definition) is 0. The van der Waals surface area contributed by atoms with Crippen molar-refractivity contribution in [1.29, 1.82) is 0 Å². The molecular weight excluding hydrogens is 212 g/mol. The minimum Gasteiger partial charge on any atom is -0.465 e. The molecule has 0 fully saturated rings. The van der Waals surface area contributed by atoms with Crippen molar-refractivity contribution in [3.05, 3.63) is 45.7 Å². The minimum atomic E-state index is -0.520. The van der Waals surface area contributed by atoms with Crippen LogP contribution in [-0.4, -0.2) is 10.1 Å². The van der Waals surface area contributed by atoms with Gasteiger partial charge in [-0.1, -0.05) is 5.16 Å². The molecule has 82 valence electrons. The second-order valence-electron chi connectivity index (χ2n) is 3.09. The van der Waals surface area contributed by atoms with E-state index in [4.69, 9.17) is 8.94 Å². The zero-order valence-electron chi connectivity index (χ0n) is 8.41. The summed E-state index contributed by atoms with van der Waals surface area (Å²) < 4.78 is 9.88. The lowest BCUT2D eigenvalue weighted by Crippen LogP contribution is -1.89. The minimum absolute atomic E-state index is 0.110. The maximum Gasteiger partial charge on any atom is 0.338 e. The van der Waals surface area contributed by atoms with Crippen molar-refractivity contribution < 1.29 is 13.9 Å². The largest absolute Gasteiger partial charge is 0.465 e. The molecule has 2 heterocycles. The Hall–Kier alpha value is -2.37. The van der Waals surface area contributed by atoms with E-state index in [1.807, 2.05) is 0 Å². The van der Waals surface area contributed by atoms with E-state index in [0.717, 1.165) is 0 Å². The number of aryl methyl sites for hydroxylation is 1. The zero-order chi connectivity index (χ0) is 11.5. The van der Waals surface area contributed by atoms with E-state index in [1.54, 1.807) is 18.2 Å². The van der Waals surface area contributed by atoms with Gasteiger partial charge in [-0.05, 0) is 31.2 Å². The van der Waals surface area contributed by atoms with Crippen molar-refractivity contribution in [2.75, 3.05) is 0 Å². The Bertz CT molecular complexity index is 525. The number of aromatic nitrogens is 1. The van der Waals surface area contributed by atoms with Gasteiger partial charge in [-0.25, -0.2) is 0 Å². The van der Waals surface area contributed by atoms with Crippen molar-refractivity contribution in [2.24, 2.45) is 0 Å². The fraction of sp³-hybridized carbons (Fsp3) is 0.100. The van der Waals surface area contributed by atoms with Crippen LogP contribution in [-0.2, 0) is 0 Å². The standard InChI is InChI=1S/C10H8N2O4/c1-7-10(12(13)14)9(16-11-7)5-4-8-3-2-6-15-8/h2-6H,1H3/b5-4-. The second-order valence-corrected chi connectivity index (χ2v) is 3.09. The van der Waals surface area contributed by atoms with E-state index < -0.39 is 4.92 Å². The van der Waals surface area contributed by atoms with Crippen LogP contribution in [0.15, 0.2) is 27.3 Å². The molecule has 0 spiro atoms. The van der Waals surface area contributed by atoms with Crippen LogP contribution >= 0.6 is 0 Å². The summed E-state index contributed by atoms with van der Waals surface area (Å²) in [6.45, 7) is 1.52. The Morgan fingerprint density at radius 3 is 2.94 bits per heavy atom. The van der Waals surface area contributed by atoms with Crippen molar-refractivity contribution in [3.8, 4) is 0 Å². The fourth-order valence-corrected chi connectivity index (χ4v) is 1.26. The lowest BCUT2D eigenvalue weighted by molar-refractivity contribution is -0.386.